The molecule has 2 aromatic rings. The van der Waals surface area contributed by atoms with E-state index in [2.05, 4.69) is 0 Å². The standard InChI is InChI=1S/C14H13ClN2O4/c1-20-13-5-4-11(7-12(13)17(18)19)21-14-6-10(15)3-2-9(14)8-16/h2-7H,8,16H2,1H3. The lowest BCUT2D eigenvalue weighted by Crippen LogP contribution is -2.00. The van der Waals surface area contributed by atoms with Gasteiger partial charge >= 0.3 is 5.69 Å². The molecule has 0 fully saturated rings. The molecule has 0 spiro atoms. The van der Waals surface area contributed by atoms with E-state index < -0.39 is 4.92 Å². The second-order valence-corrected chi connectivity index (χ2v) is 4.59. The summed E-state index contributed by atoms with van der Waals surface area (Å²) in [6.45, 7) is 0.269. The number of nitrogens with zero attached hydrogens (tertiary/aromatic N) is 1. The van der Waals surface area contributed by atoms with Gasteiger partial charge in [-0.3, -0.25) is 10.1 Å². The number of ether oxygens (including phenoxy) is 2. The van der Waals surface area contributed by atoms with Crippen LogP contribution in [0.4, 0.5) is 5.69 Å². The van der Waals surface area contributed by atoms with Crippen LogP contribution in [0.25, 0.3) is 0 Å². The number of hydrogen-bond donors (Lipinski definition) is 1. The van der Waals surface area contributed by atoms with Crippen molar-refractivity contribution in [1.82, 2.24) is 0 Å². The van der Waals surface area contributed by atoms with Crippen molar-refractivity contribution in [2.75, 3.05) is 7.11 Å². The summed E-state index contributed by atoms with van der Waals surface area (Å²) in [6, 6.07) is 9.40. The molecular weight excluding hydrogens is 296 g/mol. The molecule has 7 heteroatoms. The molecule has 0 unspecified atom stereocenters. The normalized spacial score (nSPS) is 10.2. The van der Waals surface area contributed by atoms with Crippen LogP contribution in [0.15, 0.2) is 36.4 Å². The Bertz CT molecular complexity index is 676. The molecule has 0 aromatic heterocycles. The quantitative estimate of drug-likeness (QED) is 0.674. The minimum Gasteiger partial charge on any atom is -0.490 e. The summed E-state index contributed by atoms with van der Waals surface area (Å²) < 4.78 is 10.6. The van der Waals surface area contributed by atoms with Gasteiger partial charge in [-0.05, 0) is 24.3 Å². The van der Waals surface area contributed by atoms with E-state index >= 15 is 0 Å². The maximum Gasteiger partial charge on any atom is 0.314 e. The Morgan fingerprint density at radius 2 is 2.00 bits per heavy atom. The number of halogens is 1. The molecule has 0 bridgehead atoms. The van der Waals surface area contributed by atoms with Gasteiger partial charge < -0.3 is 15.2 Å². The lowest BCUT2D eigenvalue weighted by Gasteiger charge is -2.11. The van der Waals surface area contributed by atoms with Crippen LogP contribution in [0.2, 0.25) is 5.02 Å². The molecule has 0 amide bonds. The van der Waals surface area contributed by atoms with Crippen LogP contribution in [0.3, 0.4) is 0 Å². The number of hydrogen-bond acceptors (Lipinski definition) is 5. The van der Waals surface area contributed by atoms with Crippen molar-refractivity contribution in [2.24, 2.45) is 5.73 Å². The van der Waals surface area contributed by atoms with Crippen molar-refractivity contribution in [3.63, 3.8) is 0 Å². The molecule has 2 N–H and O–H groups in total. The Hall–Kier alpha value is -2.31. The molecule has 0 radical (unpaired) electrons. The molecule has 0 saturated heterocycles. The molecule has 110 valence electrons. The lowest BCUT2D eigenvalue weighted by atomic mass is 10.2. The molecule has 0 aliphatic heterocycles. The van der Waals surface area contributed by atoms with Crippen LogP contribution in [-0.2, 0) is 6.54 Å². The van der Waals surface area contributed by atoms with E-state index in [4.69, 9.17) is 26.8 Å². The van der Waals surface area contributed by atoms with Crippen LogP contribution in [0.1, 0.15) is 5.56 Å². The first kappa shape index (κ1) is 15.1. The summed E-state index contributed by atoms with van der Waals surface area (Å²) in [5, 5.41) is 11.5. The first-order valence-corrected chi connectivity index (χ1v) is 6.41. The van der Waals surface area contributed by atoms with Crippen molar-refractivity contribution in [3.8, 4) is 17.2 Å². The van der Waals surface area contributed by atoms with Gasteiger partial charge in [0.25, 0.3) is 0 Å². The molecule has 21 heavy (non-hydrogen) atoms. The fraction of sp³-hybridized carbons (Fsp3) is 0.143. The Labute approximate surface area is 126 Å². The molecule has 0 aliphatic carbocycles. The average molecular weight is 309 g/mol. The Kier molecular flexibility index (Phi) is 4.62. The minimum atomic E-state index is -0.534. The van der Waals surface area contributed by atoms with Crippen molar-refractivity contribution in [3.05, 3.63) is 57.1 Å². The summed E-state index contributed by atoms with van der Waals surface area (Å²) in [4.78, 5) is 10.5. The largest absolute Gasteiger partial charge is 0.490 e. The van der Waals surface area contributed by atoms with Crippen LogP contribution in [0, 0.1) is 10.1 Å². The van der Waals surface area contributed by atoms with E-state index in [0.29, 0.717) is 16.5 Å². The lowest BCUT2D eigenvalue weighted by molar-refractivity contribution is -0.385. The Morgan fingerprint density at radius 3 is 2.62 bits per heavy atom. The summed E-state index contributed by atoms with van der Waals surface area (Å²) in [5.74, 6) is 0.932. The first-order chi connectivity index (χ1) is 10.0. The SMILES string of the molecule is COc1ccc(Oc2cc(Cl)ccc2CN)cc1[N+](=O)[O-]. The highest BCUT2D eigenvalue weighted by molar-refractivity contribution is 6.30. The number of benzene rings is 2. The summed E-state index contributed by atoms with van der Waals surface area (Å²) in [6.07, 6.45) is 0. The van der Waals surface area contributed by atoms with Crippen molar-refractivity contribution >= 4 is 17.3 Å². The van der Waals surface area contributed by atoms with Gasteiger partial charge in [-0.1, -0.05) is 17.7 Å². The summed E-state index contributed by atoms with van der Waals surface area (Å²) in [5.41, 5.74) is 6.20. The third-order valence-electron chi connectivity index (χ3n) is 2.82. The third kappa shape index (κ3) is 3.42. The predicted octanol–water partition coefficient (Wildman–Crippen LogP) is 3.51. The number of nitrogens with two attached hydrogens (primary N) is 1. The summed E-state index contributed by atoms with van der Waals surface area (Å²) >= 11 is 5.92. The zero-order chi connectivity index (χ0) is 15.4. The second kappa shape index (κ2) is 6.43. The van der Waals surface area contributed by atoms with Gasteiger partial charge in [0.1, 0.15) is 11.5 Å². The van der Waals surface area contributed by atoms with Gasteiger partial charge in [-0.25, -0.2) is 0 Å². The second-order valence-electron chi connectivity index (χ2n) is 4.15. The van der Waals surface area contributed by atoms with Gasteiger partial charge in [-0.15, -0.1) is 0 Å². The fourth-order valence-electron chi connectivity index (χ4n) is 1.79. The van der Waals surface area contributed by atoms with E-state index in [1.165, 1.54) is 19.2 Å². The smallest absolute Gasteiger partial charge is 0.314 e. The van der Waals surface area contributed by atoms with Crippen LogP contribution >= 0.6 is 11.6 Å². The van der Waals surface area contributed by atoms with Crippen molar-refractivity contribution in [1.29, 1.82) is 0 Å². The predicted molar refractivity (Wildman–Crippen MR) is 79.1 cm³/mol. The molecule has 6 nitrogen and oxygen atoms in total. The van der Waals surface area contributed by atoms with Gasteiger partial charge in [-0.2, -0.15) is 0 Å². The number of nitro benzene ring substituents is 1. The maximum atomic E-state index is 11.0. The monoisotopic (exact) mass is 308 g/mol. The Morgan fingerprint density at radius 1 is 1.24 bits per heavy atom. The number of nitro groups is 1. The molecule has 0 saturated carbocycles. The molecule has 2 rings (SSSR count). The first-order valence-electron chi connectivity index (χ1n) is 6.04. The third-order valence-corrected chi connectivity index (χ3v) is 3.06. The van der Waals surface area contributed by atoms with Gasteiger partial charge in [0.15, 0.2) is 5.75 Å². The van der Waals surface area contributed by atoms with E-state index in [0.717, 1.165) is 5.56 Å². The minimum absolute atomic E-state index is 0.164. The highest BCUT2D eigenvalue weighted by Gasteiger charge is 2.16. The number of methoxy groups -OCH3 is 1. The molecule has 2 aromatic carbocycles. The van der Waals surface area contributed by atoms with Gasteiger partial charge in [0, 0.05) is 17.1 Å². The maximum absolute atomic E-state index is 11.0. The molecule has 0 atom stereocenters. The molecular formula is C14H13ClN2O4. The van der Waals surface area contributed by atoms with Crippen LogP contribution in [0.5, 0.6) is 17.2 Å². The van der Waals surface area contributed by atoms with Crippen LogP contribution < -0.4 is 15.2 Å². The highest BCUT2D eigenvalue weighted by Crippen LogP contribution is 2.34. The molecule has 0 aliphatic rings. The zero-order valence-electron chi connectivity index (χ0n) is 11.2. The van der Waals surface area contributed by atoms with E-state index in [1.54, 1.807) is 24.3 Å². The zero-order valence-corrected chi connectivity index (χ0v) is 12.0. The number of rotatable bonds is 5. The van der Waals surface area contributed by atoms with Crippen molar-refractivity contribution in [2.45, 2.75) is 6.54 Å². The average Bonchev–Trinajstić information content (AvgIpc) is 2.47. The molecule has 0 heterocycles. The van der Waals surface area contributed by atoms with E-state index in [-0.39, 0.29) is 18.0 Å². The fourth-order valence-corrected chi connectivity index (χ4v) is 1.96. The topological polar surface area (TPSA) is 87.6 Å². The Balaban J connectivity index is 2.38. The van der Waals surface area contributed by atoms with Gasteiger partial charge in [0.05, 0.1) is 18.1 Å². The summed E-state index contributed by atoms with van der Waals surface area (Å²) in [7, 11) is 1.37. The van der Waals surface area contributed by atoms with E-state index in [9.17, 15) is 10.1 Å². The highest BCUT2D eigenvalue weighted by atomic mass is 35.5. The van der Waals surface area contributed by atoms with Crippen LogP contribution in [-0.4, -0.2) is 12.0 Å². The van der Waals surface area contributed by atoms with Gasteiger partial charge in [0.2, 0.25) is 0 Å². The van der Waals surface area contributed by atoms with Crippen molar-refractivity contribution < 1.29 is 14.4 Å². The van der Waals surface area contributed by atoms with E-state index in [1.807, 2.05) is 0 Å².